The van der Waals surface area contributed by atoms with Gasteiger partial charge in [-0.25, -0.2) is 0 Å². The van der Waals surface area contributed by atoms with Crippen LogP contribution in [0.3, 0.4) is 0 Å². The van der Waals surface area contributed by atoms with Gasteiger partial charge in [0.05, 0.1) is 0 Å². The molecule has 0 spiro atoms. The number of benzene rings is 2. The standard InChI is InChI=1S/C20H27NO/c1-6-21(18-10-7-15(2)8-11-18)14-16-13-17(20(3,4)5)9-12-19(16)22/h7-13,22H,6,14H2,1-5H3. The van der Waals surface area contributed by atoms with Crippen molar-refractivity contribution in [2.24, 2.45) is 0 Å². The molecule has 0 heterocycles. The van der Waals surface area contributed by atoms with E-state index in [0.29, 0.717) is 5.75 Å². The summed E-state index contributed by atoms with van der Waals surface area (Å²) >= 11 is 0. The fourth-order valence-corrected chi connectivity index (χ4v) is 2.53. The summed E-state index contributed by atoms with van der Waals surface area (Å²) in [6.45, 7) is 12.4. The topological polar surface area (TPSA) is 23.5 Å². The highest BCUT2D eigenvalue weighted by atomic mass is 16.3. The first-order valence-corrected chi connectivity index (χ1v) is 7.95. The van der Waals surface area contributed by atoms with Gasteiger partial charge in [0.2, 0.25) is 0 Å². The van der Waals surface area contributed by atoms with E-state index in [1.54, 1.807) is 0 Å². The van der Waals surface area contributed by atoms with Gasteiger partial charge in [-0.2, -0.15) is 0 Å². The largest absolute Gasteiger partial charge is 0.508 e. The number of anilines is 1. The minimum Gasteiger partial charge on any atom is -0.508 e. The van der Waals surface area contributed by atoms with E-state index in [0.717, 1.165) is 18.7 Å². The molecule has 2 heteroatoms. The molecule has 0 fully saturated rings. The summed E-state index contributed by atoms with van der Waals surface area (Å²) in [6.07, 6.45) is 0. The Kier molecular flexibility index (Phi) is 4.80. The first-order chi connectivity index (χ1) is 10.3. The van der Waals surface area contributed by atoms with Crippen LogP contribution in [0.5, 0.6) is 5.75 Å². The molecule has 0 aliphatic heterocycles. The Morgan fingerprint density at radius 3 is 2.18 bits per heavy atom. The monoisotopic (exact) mass is 297 g/mol. The van der Waals surface area contributed by atoms with Crippen molar-refractivity contribution in [2.75, 3.05) is 11.4 Å². The van der Waals surface area contributed by atoms with Gasteiger partial charge < -0.3 is 10.0 Å². The summed E-state index contributed by atoms with van der Waals surface area (Å²) < 4.78 is 0. The summed E-state index contributed by atoms with van der Waals surface area (Å²) in [5.74, 6) is 0.374. The molecule has 2 rings (SSSR count). The van der Waals surface area contributed by atoms with E-state index in [-0.39, 0.29) is 5.41 Å². The number of aromatic hydroxyl groups is 1. The molecule has 0 saturated carbocycles. The quantitative estimate of drug-likeness (QED) is 0.856. The van der Waals surface area contributed by atoms with Crippen LogP contribution >= 0.6 is 0 Å². The summed E-state index contributed by atoms with van der Waals surface area (Å²) in [5.41, 5.74) is 4.77. The fraction of sp³-hybridized carbons (Fsp3) is 0.400. The van der Waals surface area contributed by atoms with E-state index in [4.69, 9.17) is 0 Å². The summed E-state index contributed by atoms with van der Waals surface area (Å²) in [6, 6.07) is 14.5. The van der Waals surface area contributed by atoms with Crippen molar-refractivity contribution < 1.29 is 5.11 Å². The number of hydrogen-bond acceptors (Lipinski definition) is 2. The predicted molar refractivity (Wildman–Crippen MR) is 94.7 cm³/mol. The van der Waals surface area contributed by atoms with Gasteiger partial charge >= 0.3 is 0 Å². The van der Waals surface area contributed by atoms with Crippen LogP contribution in [0.4, 0.5) is 5.69 Å². The number of hydrogen-bond donors (Lipinski definition) is 1. The van der Waals surface area contributed by atoms with Crippen molar-refractivity contribution in [3.05, 3.63) is 59.2 Å². The molecule has 0 saturated heterocycles. The minimum absolute atomic E-state index is 0.0867. The van der Waals surface area contributed by atoms with Crippen molar-refractivity contribution in [1.29, 1.82) is 0 Å². The Labute approximate surface area is 134 Å². The zero-order chi connectivity index (χ0) is 16.3. The van der Waals surface area contributed by atoms with Crippen molar-refractivity contribution in [2.45, 2.75) is 46.6 Å². The highest BCUT2D eigenvalue weighted by Gasteiger charge is 2.16. The van der Waals surface area contributed by atoms with Crippen LogP contribution in [-0.4, -0.2) is 11.7 Å². The molecule has 118 valence electrons. The lowest BCUT2D eigenvalue weighted by molar-refractivity contribution is 0.465. The molecule has 0 atom stereocenters. The van der Waals surface area contributed by atoms with E-state index in [1.807, 2.05) is 12.1 Å². The van der Waals surface area contributed by atoms with Crippen molar-refractivity contribution in [1.82, 2.24) is 0 Å². The molecule has 0 bridgehead atoms. The van der Waals surface area contributed by atoms with Gasteiger partial charge in [-0.1, -0.05) is 44.5 Å². The van der Waals surface area contributed by atoms with Crippen molar-refractivity contribution in [3.63, 3.8) is 0 Å². The first kappa shape index (κ1) is 16.4. The van der Waals surface area contributed by atoms with E-state index < -0.39 is 0 Å². The van der Waals surface area contributed by atoms with Gasteiger partial charge in [-0.05, 0) is 49.1 Å². The van der Waals surface area contributed by atoms with Crippen LogP contribution in [0.15, 0.2) is 42.5 Å². The van der Waals surface area contributed by atoms with Gasteiger partial charge in [0, 0.05) is 24.3 Å². The second-order valence-corrected chi connectivity index (χ2v) is 6.94. The smallest absolute Gasteiger partial charge is 0.120 e. The molecule has 2 nitrogen and oxygen atoms in total. The molecular weight excluding hydrogens is 270 g/mol. The van der Waals surface area contributed by atoms with Crippen LogP contribution in [-0.2, 0) is 12.0 Å². The lowest BCUT2D eigenvalue weighted by atomic mass is 9.86. The first-order valence-electron chi connectivity index (χ1n) is 7.95. The zero-order valence-corrected chi connectivity index (χ0v) is 14.4. The fourth-order valence-electron chi connectivity index (χ4n) is 2.53. The maximum Gasteiger partial charge on any atom is 0.120 e. The summed E-state index contributed by atoms with van der Waals surface area (Å²) in [5, 5.41) is 10.2. The average molecular weight is 297 g/mol. The van der Waals surface area contributed by atoms with Gasteiger partial charge in [0.25, 0.3) is 0 Å². The Hall–Kier alpha value is -1.96. The Bertz CT molecular complexity index is 623. The molecule has 1 N–H and O–H groups in total. The maximum atomic E-state index is 10.2. The molecule has 0 aliphatic rings. The zero-order valence-electron chi connectivity index (χ0n) is 14.4. The number of phenolic OH excluding ortho intramolecular Hbond substituents is 1. The third-order valence-electron chi connectivity index (χ3n) is 4.09. The van der Waals surface area contributed by atoms with Crippen LogP contribution in [0.25, 0.3) is 0 Å². The van der Waals surface area contributed by atoms with Gasteiger partial charge in [-0.3, -0.25) is 0 Å². The van der Waals surface area contributed by atoms with Gasteiger partial charge in [0.15, 0.2) is 0 Å². The van der Waals surface area contributed by atoms with E-state index >= 15 is 0 Å². The third kappa shape index (κ3) is 3.82. The molecule has 0 amide bonds. The maximum absolute atomic E-state index is 10.2. The number of nitrogens with zero attached hydrogens (tertiary/aromatic N) is 1. The van der Waals surface area contributed by atoms with E-state index in [2.05, 4.69) is 69.9 Å². The Morgan fingerprint density at radius 2 is 1.64 bits per heavy atom. The minimum atomic E-state index is 0.0867. The second kappa shape index (κ2) is 6.43. The molecule has 2 aromatic carbocycles. The average Bonchev–Trinajstić information content (AvgIpc) is 2.46. The number of rotatable bonds is 4. The number of aryl methyl sites for hydroxylation is 1. The van der Waals surface area contributed by atoms with Crippen molar-refractivity contribution in [3.8, 4) is 5.75 Å². The molecular formula is C20H27NO. The molecule has 0 unspecified atom stereocenters. The lowest BCUT2D eigenvalue weighted by Gasteiger charge is -2.26. The Balaban J connectivity index is 2.29. The lowest BCUT2D eigenvalue weighted by Crippen LogP contribution is -2.22. The van der Waals surface area contributed by atoms with Crippen molar-refractivity contribution >= 4 is 5.69 Å². The van der Waals surface area contributed by atoms with E-state index in [1.165, 1.54) is 16.8 Å². The van der Waals surface area contributed by atoms with Gasteiger partial charge in [-0.15, -0.1) is 0 Å². The molecule has 0 aliphatic carbocycles. The van der Waals surface area contributed by atoms with E-state index in [9.17, 15) is 5.11 Å². The van der Waals surface area contributed by atoms with Crippen LogP contribution in [0, 0.1) is 6.92 Å². The van der Waals surface area contributed by atoms with Gasteiger partial charge in [0.1, 0.15) is 5.75 Å². The van der Waals surface area contributed by atoms with Crippen LogP contribution in [0.2, 0.25) is 0 Å². The molecule has 0 aromatic heterocycles. The highest BCUT2D eigenvalue weighted by Crippen LogP contribution is 2.29. The number of phenols is 1. The normalized spacial score (nSPS) is 11.5. The SMILES string of the molecule is CCN(Cc1cc(C(C)(C)C)ccc1O)c1ccc(C)cc1. The summed E-state index contributed by atoms with van der Waals surface area (Å²) in [7, 11) is 0. The van der Waals surface area contributed by atoms with Crippen LogP contribution < -0.4 is 4.90 Å². The predicted octanol–water partition coefficient (Wildman–Crippen LogP) is 5.02. The third-order valence-corrected chi connectivity index (χ3v) is 4.09. The Morgan fingerprint density at radius 1 is 1.00 bits per heavy atom. The summed E-state index contributed by atoms with van der Waals surface area (Å²) in [4.78, 5) is 2.28. The highest BCUT2D eigenvalue weighted by molar-refractivity contribution is 5.49. The molecule has 2 aromatic rings. The second-order valence-electron chi connectivity index (χ2n) is 6.94. The molecule has 0 radical (unpaired) electrons. The molecule has 22 heavy (non-hydrogen) atoms. The van der Waals surface area contributed by atoms with Crippen LogP contribution in [0.1, 0.15) is 44.4 Å².